The van der Waals surface area contributed by atoms with Gasteiger partial charge in [-0.05, 0) is 24.1 Å². The van der Waals surface area contributed by atoms with Gasteiger partial charge in [-0.1, -0.05) is 19.1 Å². The second kappa shape index (κ2) is 6.61. The van der Waals surface area contributed by atoms with E-state index in [0.717, 1.165) is 5.56 Å². The first-order valence-electron chi connectivity index (χ1n) is 5.47. The molecule has 0 spiro atoms. The molecule has 102 valence electrons. The summed E-state index contributed by atoms with van der Waals surface area (Å²) in [5, 5.41) is 9.53. The molecule has 18 heavy (non-hydrogen) atoms. The van der Waals surface area contributed by atoms with Crippen LogP contribution in [0.3, 0.4) is 0 Å². The van der Waals surface area contributed by atoms with Crippen molar-refractivity contribution in [2.75, 3.05) is 13.4 Å². The second-order valence-corrected chi connectivity index (χ2v) is 3.72. The topological polar surface area (TPSA) is 38.7 Å². The lowest BCUT2D eigenvalue weighted by atomic mass is 10.1. The Morgan fingerprint density at radius 2 is 1.83 bits per heavy atom. The zero-order chi connectivity index (χ0) is 13.6. The minimum absolute atomic E-state index is 0.393. The highest BCUT2D eigenvalue weighted by molar-refractivity contribution is 5.28. The highest BCUT2D eigenvalue weighted by Crippen LogP contribution is 2.20. The summed E-state index contributed by atoms with van der Waals surface area (Å²) in [7, 11) is 0. The van der Waals surface area contributed by atoms with Crippen LogP contribution in [0, 0.1) is 0 Å². The van der Waals surface area contributed by atoms with Crippen molar-refractivity contribution in [2.45, 2.75) is 25.6 Å². The van der Waals surface area contributed by atoms with Gasteiger partial charge in [-0.2, -0.15) is 13.2 Å². The third-order valence-electron chi connectivity index (χ3n) is 2.23. The van der Waals surface area contributed by atoms with Crippen LogP contribution in [0.1, 0.15) is 25.0 Å². The second-order valence-electron chi connectivity index (χ2n) is 3.72. The maximum atomic E-state index is 11.8. The fraction of sp³-hybridized carbons (Fsp3) is 0.500. The first-order chi connectivity index (χ1) is 8.42. The van der Waals surface area contributed by atoms with Crippen LogP contribution in [0.4, 0.5) is 13.2 Å². The molecular weight excluding hydrogens is 249 g/mol. The Bertz CT molecular complexity index is 349. The predicted molar refractivity (Wildman–Crippen MR) is 59.2 cm³/mol. The first-order valence-corrected chi connectivity index (χ1v) is 5.47. The molecule has 0 aromatic heterocycles. The van der Waals surface area contributed by atoms with E-state index in [4.69, 9.17) is 4.74 Å². The summed E-state index contributed by atoms with van der Waals surface area (Å²) in [6.07, 6.45) is -4.30. The molecule has 0 saturated heterocycles. The van der Waals surface area contributed by atoms with Crippen LogP contribution >= 0.6 is 0 Å². The molecule has 0 aliphatic carbocycles. The molecule has 6 heteroatoms. The number of benzene rings is 1. The molecule has 1 rings (SSSR count). The minimum atomic E-state index is -4.35. The summed E-state index contributed by atoms with van der Waals surface area (Å²) >= 11 is 0. The SMILES string of the molecule is CCC(O)c1ccc(OCOCC(F)(F)F)cc1. The van der Waals surface area contributed by atoms with Crippen LogP contribution in [0.5, 0.6) is 5.75 Å². The Kier molecular flexibility index (Phi) is 5.43. The molecular formula is C12H15F3O3. The summed E-state index contributed by atoms with van der Waals surface area (Å²) in [5.74, 6) is 0.393. The fourth-order valence-corrected chi connectivity index (χ4v) is 1.29. The standard InChI is InChI=1S/C12H15F3O3/c1-2-11(16)9-3-5-10(6-4-9)18-8-17-7-12(13,14)15/h3-6,11,16H,2,7-8H2,1H3. The van der Waals surface area contributed by atoms with E-state index in [1.54, 1.807) is 24.3 Å². The molecule has 1 aromatic rings. The molecule has 0 heterocycles. The fourth-order valence-electron chi connectivity index (χ4n) is 1.29. The van der Waals surface area contributed by atoms with Gasteiger partial charge in [-0.3, -0.25) is 0 Å². The largest absolute Gasteiger partial charge is 0.468 e. The summed E-state index contributed by atoms with van der Waals surface area (Å²) in [4.78, 5) is 0. The summed E-state index contributed by atoms with van der Waals surface area (Å²) in [5.41, 5.74) is 0.737. The van der Waals surface area contributed by atoms with Crippen LogP contribution in [-0.2, 0) is 4.74 Å². The molecule has 0 saturated carbocycles. The monoisotopic (exact) mass is 264 g/mol. The Labute approximate surface area is 103 Å². The smallest absolute Gasteiger partial charge is 0.411 e. The highest BCUT2D eigenvalue weighted by atomic mass is 19.4. The van der Waals surface area contributed by atoms with Gasteiger partial charge in [0.05, 0.1) is 6.10 Å². The van der Waals surface area contributed by atoms with Gasteiger partial charge < -0.3 is 14.6 Å². The van der Waals surface area contributed by atoms with Crippen molar-refractivity contribution in [3.8, 4) is 5.75 Å². The third-order valence-corrected chi connectivity index (χ3v) is 2.23. The number of rotatable bonds is 6. The lowest BCUT2D eigenvalue weighted by molar-refractivity contribution is -0.186. The number of alkyl halides is 3. The van der Waals surface area contributed by atoms with Gasteiger partial charge in [0.2, 0.25) is 0 Å². The lowest BCUT2D eigenvalue weighted by Crippen LogP contribution is -2.19. The number of hydrogen-bond donors (Lipinski definition) is 1. The number of hydrogen-bond acceptors (Lipinski definition) is 3. The van der Waals surface area contributed by atoms with E-state index in [1.165, 1.54) is 0 Å². The maximum Gasteiger partial charge on any atom is 0.411 e. The van der Waals surface area contributed by atoms with Crippen LogP contribution in [0.25, 0.3) is 0 Å². The van der Waals surface area contributed by atoms with Gasteiger partial charge in [0.15, 0.2) is 6.79 Å². The van der Waals surface area contributed by atoms with E-state index in [9.17, 15) is 18.3 Å². The Hall–Kier alpha value is -1.27. The Morgan fingerprint density at radius 1 is 1.22 bits per heavy atom. The predicted octanol–water partition coefficient (Wildman–Crippen LogP) is 3.05. The first kappa shape index (κ1) is 14.8. The highest BCUT2D eigenvalue weighted by Gasteiger charge is 2.27. The van der Waals surface area contributed by atoms with Gasteiger partial charge in [0, 0.05) is 0 Å². The average Bonchev–Trinajstić information content (AvgIpc) is 2.33. The van der Waals surface area contributed by atoms with Gasteiger partial charge >= 0.3 is 6.18 Å². The normalized spacial score (nSPS) is 13.4. The molecule has 0 bridgehead atoms. The molecule has 1 unspecified atom stereocenters. The third kappa shape index (κ3) is 5.37. The number of ether oxygens (including phenoxy) is 2. The number of halogens is 3. The van der Waals surface area contributed by atoms with E-state index >= 15 is 0 Å². The lowest BCUT2D eigenvalue weighted by Gasteiger charge is -2.11. The van der Waals surface area contributed by atoms with Crippen LogP contribution < -0.4 is 4.74 Å². The van der Waals surface area contributed by atoms with Crippen molar-refractivity contribution >= 4 is 0 Å². The van der Waals surface area contributed by atoms with E-state index in [1.807, 2.05) is 6.92 Å². The van der Waals surface area contributed by atoms with E-state index in [2.05, 4.69) is 4.74 Å². The Balaban J connectivity index is 2.35. The van der Waals surface area contributed by atoms with Crippen LogP contribution in [0.2, 0.25) is 0 Å². The van der Waals surface area contributed by atoms with E-state index < -0.39 is 25.7 Å². The molecule has 1 aromatic carbocycles. The van der Waals surface area contributed by atoms with Crippen LogP contribution in [0.15, 0.2) is 24.3 Å². The summed E-state index contributed by atoms with van der Waals surface area (Å²) in [6.45, 7) is 0.0505. The quantitative estimate of drug-likeness (QED) is 0.634. The maximum absolute atomic E-state index is 11.8. The van der Waals surface area contributed by atoms with Gasteiger partial charge in [-0.15, -0.1) is 0 Å². The molecule has 1 atom stereocenters. The van der Waals surface area contributed by atoms with Crippen molar-refractivity contribution in [1.82, 2.24) is 0 Å². The molecule has 0 fully saturated rings. The van der Waals surface area contributed by atoms with Gasteiger partial charge in [0.1, 0.15) is 12.4 Å². The molecule has 0 aliphatic rings. The zero-order valence-electron chi connectivity index (χ0n) is 9.91. The van der Waals surface area contributed by atoms with Crippen molar-refractivity contribution in [3.63, 3.8) is 0 Å². The zero-order valence-corrected chi connectivity index (χ0v) is 9.91. The van der Waals surface area contributed by atoms with E-state index in [0.29, 0.717) is 12.2 Å². The molecule has 3 nitrogen and oxygen atoms in total. The van der Waals surface area contributed by atoms with Crippen molar-refractivity contribution < 1.29 is 27.8 Å². The molecule has 0 aliphatic heterocycles. The minimum Gasteiger partial charge on any atom is -0.468 e. The van der Waals surface area contributed by atoms with Crippen molar-refractivity contribution in [3.05, 3.63) is 29.8 Å². The molecule has 1 N–H and O–H groups in total. The molecule has 0 amide bonds. The summed E-state index contributed by atoms with van der Waals surface area (Å²) in [6, 6.07) is 6.47. The Morgan fingerprint density at radius 3 is 2.33 bits per heavy atom. The van der Waals surface area contributed by atoms with Gasteiger partial charge in [-0.25, -0.2) is 0 Å². The summed E-state index contributed by atoms with van der Waals surface area (Å²) < 4.78 is 44.5. The number of aliphatic hydroxyl groups is 1. The van der Waals surface area contributed by atoms with Gasteiger partial charge in [0.25, 0.3) is 0 Å². The van der Waals surface area contributed by atoms with Crippen LogP contribution in [-0.4, -0.2) is 24.7 Å². The molecule has 0 radical (unpaired) electrons. The average molecular weight is 264 g/mol. The van der Waals surface area contributed by atoms with Crippen molar-refractivity contribution in [2.24, 2.45) is 0 Å². The van der Waals surface area contributed by atoms with Crippen molar-refractivity contribution in [1.29, 1.82) is 0 Å². The van der Waals surface area contributed by atoms with E-state index in [-0.39, 0.29) is 0 Å². The number of aliphatic hydroxyl groups excluding tert-OH is 1.